The first-order valence-corrected chi connectivity index (χ1v) is 9.41. The number of guanidine groups is 1. The summed E-state index contributed by atoms with van der Waals surface area (Å²) in [4.78, 5) is 9.47. The van der Waals surface area contributed by atoms with Crippen LogP contribution in [0, 0.1) is 0 Å². The number of halogens is 1. The molecule has 2 heterocycles. The Morgan fingerprint density at radius 3 is 3.00 bits per heavy atom. The van der Waals surface area contributed by atoms with E-state index in [1.807, 2.05) is 18.2 Å². The van der Waals surface area contributed by atoms with Crippen molar-refractivity contribution in [2.45, 2.75) is 25.3 Å². The number of aliphatic imine (C=N–C) groups is 1. The SMILES string of the molecule is CN1CCCN(CCCN=C(N)NC2CCOc3ccccc32)CC1.I. The molecule has 1 aromatic rings. The summed E-state index contributed by atoms with van der Waals surface area (Å²) in [5.74, 6) is 1.49. The van der Waals surface area contributed by atoms with Crippen LogP contribution in [0.2, 0.25) is 0 Å². The number of hydrogen-bond acceptors (Lipinski definition) is 4. The molecule has 6 nitrogen and oxygen atoms in total. The van der Waals surface area contributed by atoms with E-state index in [0.29, 0.717) is 12.6 Å². The Kier molecular flexibility index (Phi) is 8.94. The van der Waals surface area contributed by atoms with Gasteiger partial charge in [0.1, 0.15) is 5.75 Å². The molecule has 1 atom stereocenters. The van der Waals surface area contributed by atoms with Gasteiger partial charge in [-0.15, -0.1) is 24.0 Å². The van der Waals surface area contributed by atoms with Crippen LogP contribution in [0.15, 0.2) is 29.3 Å². The lowest BCUT2D eigenvalue weighted by molar-refractivity contribution is 0.262. The zero-order valence-electron chi connectivity index (χ0n) is 15.7. The summed E-state index contributed by atoms with van der Waals surface area (Å²) in [6.07, 6.45) is 3.22. The normalized spacial score (nSPS) is 21.9. The summed E-state index contributed by atoms with van der Waals surface area (Å²) in [7, 11) is 2.20. The molecule has 1 unspecified atom stereocenters. The highest BCUT2D eigenvalue weighted by Crippen LogP contribution is 2.31. The molecule has 146 valence electrons. The van der Waals surface area contributed by atoms with Crippen LogP contribution in [0.4, 0.5) is 0 Å². The summed E-state index contributed by atoms with van der Waals surface area (Å²) in [6, 6.07) is 8.33. The van der Waals surface area contributed by atoms with Crippen LogP contribution >= 0.6 is 24.0 Å². The number of para-hydroxylation sites is 1. The van der Waals surface area contributed by atoms with Gasteiger partial charge < -0.3 is 25.6 Å². The number of rotatable bonds is 5. The minimum Gasteiger partial charge on any atom is -0.493 e. The Morgan fingerprint density at radius 1 is 1.27 bits per heavy atom. The Hall–Kier alpha value is -1.06. The molecule has 2 aliphatic rings. The molecule has 0 radical (unpaired) electrons. The standard InChI is InChI=1S/C19H31N5O.HI/c1-23-10-5-12-24(14-13-23)11-4-9-21-19(20)22-17-8-15-25-18-7-3-2-6-16(17)18;/h2-3,6-7,17H,4-5,8-15H2,1H3,(H3,20,21,22);1H. The predicted molar refractivity (Wildman–Crippen MR) is 118 cm³/mol. The van der Waals surface area contributed by atoms with E-state index in [4.69, 9.17) is 10.5 Å². The highest BCUT2D eigenvalue weighted by atomic mass is 127. The number of nitrogens with two attached hydrogens (primary N) is 1. The van der Waals surface area contributed by atoms with Gasteiger partial charge in [0.05, 0.1) is 12.6 Å². The molecule has 26 heavy (non-hydrogen) atoms. The van der Waals surface area contributed by atoms with Gasteiger partial charge in [-0.3, -0.25) is 4.99 Å². The average molecular weight is 473 g/mol. The van der Waals surface area contributed by atoms with Crippen molar-refractivity contribution in [3.05, 3.63) is 29.8 Å². The summed E-state index contributed by atoms with van der Waals surface area (Å²) in [5.41, 5.74) is 7.27. The van der Waals surface area contributed by atoms with Crippen molar-refractivity contribution in [3.63, 3.8) is 0 Å². The number of likely N-dealkylation sites (N-methyl/N-ethyl adjacent to an activating group) is 1. The lowest BCUT2D eigenvalue weighted by Gasteiger charge is -2.27. The first-order chi connectivity index (χ1) is 12.2. The van der Waals surface area contributed by atoms with Crippen LogP contribution in [0.25, 0.3) is 0 Å². The Balaban J connectivity index is 0.00000243. The molecule has 3 rings (SSSR count). The summed E-state index contributed by atoms with van der Waals surface area (Å²) >= 11 is 0. The predicted octanol–water partition coefficient (Wildman–Crippen LogP) is 2.06. The van der Waals surface area contributed by atoms with E-state index in [-0.39, 0.29) is 30.0 Å². The fourth-order valence-corrected chi connectivity index (χ4v) is 3.53. The molecule has 0 spiro atoms. The van der Waals surface area contributed by atoms with Gasteiger partial charge in [-0.25, -0.2) is 0 Å². The van der Waals surface area contributed by atoms with Gasteiger partial charge in [0.15, 0.2) is 5.96 Å². The van der Waals surface area contributed by atoms with Gasteiger partial charge >= 0.3 is 0 Å². The zero-order chi connectivity index (χ0) is 17.5. The third-order valence-corrected chi connectivity index (χ3v) is 5.01. The van der Waals surface area contributed by atoms with Gasteiger partial charge in [0.25, 0.3) is 0 Å². The first kappa shape index (κ1) is 21.2. The highest BCUT2D eigenvalue weighted by Gasteiger charge is 2.21. The van der Waals surface area contributed by atoms with E-state index >= 15 is 0 Å². The fraction of sp³-hybridized carbons (Fsp3) is 0.632. The number of fused-ring (bicyclic) bond motifs is 1. The van der Waals surface area contributed by atoms with Gasteiger partial charge in [-0.1, -0.05) is 18.2 Å². The molecule has 1 fully saturated rings. The minimum absolute atomic E-state index is 0. The fourth-order valence-electron chi connectivity index (χ4n) is 3.53. The van der Waals surface area contributed by atoms with Gasteiger partial charge in [0.2, 0.25) is 0 Å². The second-order valence-corrected chi connectivity index (χ2v) is 6.99. The highest BCUT2D eigenvalue weighted by molar-refractivity contribution is 14.0. The topological polar surface area (TPSA) is 66.1 Å². The van der Waals surface area contributed by atoms with Crippen molar-refractivity contribution < 1.29 is 4.74 Å². The van der Waals surface area contributed by atoms with E-state index in [2.05, 4.69) is 33.2 Å². The van der Waals surface area contributed by atoms with Crippen LogP contribution in [0.5, 0.6) is 5.75 Å². The van der Waals surface area contributed by atoms with Crippen molar-refractivity contribution in [1.82, 2.24) is 15.1 Å². The molecule has 2 aliphatic heterocycles. The number of benzene rings is 1. The quantitative estimate of drug-likeness (QED) is 0.297. The third-order valence-electron chi connectivity index (χ3n) is 5.01. The Bertz CT molecular complexity index is 583. The zero-order valence-corrected chi connectivity index (χ0v) is 18.0. The van der Waals surface area contributed by atoms with Gasteiger partial charge in [-0.05, 0) is 45.6 Å². The molecule has 1 aromatic carbocycles. The van der Waals surface area contributed by atoms with Crippen LogP contribution in [-0.4, -0.2) is 68.7 Å². The monoisotopic (exact) mass is 473 g/mol. The molecule has 0 aromatic heterocycles. The number of nitrogens with zero attached hydrogens (tertiary/aromatic N) is 3. The maximum atomic E-state index is 6.10. The maximum Gasteiger partial charge on any atom is 0.189 e. The van der Waals surface area contributed by atoms with Gasteiger partial charge in [-0.2, -0.15) is 0 Å². The van der Waals surface area contributed by atoms with Crippen molar-refractivity contribution in [3.8, 4) is 5.75 Å². The smallest absolute Gasteiger partial charge is 0.189 e. The molecular formula is C19H32IN5O. The van der Waals surface area contributed by atoms with Crippen molar-refractivity contribution >= 4 is 29.9 Å². The first-order valence-electron chi connectivity index (χ1n) is 9.41. The third kappa shape index (κ3) is 6.28. The Morgan fingerprint density at radius 2 is 2.12 bits per heavy atom. The van der Waals surface area contributed by atoms with Gasteiger partial charge in [0, 0.05) is 31.6 Å². The molecule has 0 saturated carbocycles. The average Bonchev–Trinajstić information content (AvgIpc) is 2.83. The van der Waals surface area contributed by atoms with E-state index in [9.17, 15) is 0 Å². The summed E-state index contributed by atoms with van der Waals surface area (Å²) in [5, 5.41) is 3.36. The molecule has 0 bridgehead atoms. The van der Waals surface area contributed by atoms with Crippen molar-refractivity contribution in [1.29, 1.82) is 0 Å². The molecule has 3 N–H and O–H groups in total. The number of hydrogen-bond donors (Lipinski definition) is 2. The second kappa shape index (κ2) is 10.9. The second-order valence-electron chi connectivity index (χ2n) is 6.99. The van der Waals surface area contributed by atoms with Crippen LogP contribution in [0.1, 0.15) is 30.9 Å². The largest absolute Gasteiger partial charge is 0.493 e. The molecule has 1 saturated heterocycles. The molecular weight excluding hydrogens is 441 g/mol. The minimum atomic E-state index is 0. The number of nitrogens with one attached hydrogen (secondary N) is 1. The summed E-state index contributed by atoms with van der Waals surface area (Å²) < 4.78 is 5.69. The molecule has 0 amide bonds. The summed E-state index contributed by atoms with van der Waals surface area (Å²) in [6.45, 7) is 7.31. The van der Waals surface area contributed by atoms with E-state index in [0.717, 1.165) is 44.8 Å². The van der Waals surface area contributed by atoms with Crippen LogP contribution < -0.4 is 15.8 Å². The molecule has 7 heteroatoms. The van der Waals surface area contributed by atoms with E-state index in [1.54, 1.807) is 0 Å². The number of ether oxygens (including phenoxy) is 1. The Labute approximate surface area is 174 Å². The van der Waals surface area contributed by atoms with E-state index in [1.165, 1.54) is 25.1 Å². The van der Waals surface area contributed by atoms with E-state index < -0.39 is 0 Å². The van der Waals surface area contributed by atoms with Crippen molar-refractivity contribution in [2.24, 2.45) is 10.7 Å². The van der Waals surface area contributed by atoms with Crippen LogP contribution in [-0.2, 0) is 0 Å². The lowest BCUT2D eigenvalue weighted by atomic mass is 10.0. The maximum absolute atomic E-state index is 6.10. The van der Waals surface area contributed by atoms with Crippen LogP contribution in [0.3, 0.4) is 0 Å². The van der Waals surface area contributed by atoms with Crippen molar-refractivity contribution in [2.75, 3.05) is 52.9 Å². The lowest BCUT2D eigenvalue weighted by Crippen LogP contribution is -2.37. The molecule has 0 aliphatic carbocycles.